The zero-order chi connectivity index (χ0) is 24.2. The predicted molar refractivity (Wildman–Crippen MR) is 131 cm³/mol. The second-order valence-electron chi connectivity index (χ2n) is 7.29. The van der Waals surface area contributed by atoms with Gasteiger partial charge in [0.05, 0.1) is 18.6 Å². The van der Waals surface area contributed by atoms with E-state index in [0.29, 0.717) is 22.8 Å². The normalized spacial score (nSPS) is 10.9. The van der Waals surface area contributed by atoms with Crippen LogP contribution in [0, 0.1) is 18.6 Å². The van der Waals surface area contributed by atoms with Crippen LogP contribution in [0.25, 0.3) is 17.1 Å². The van der Waals surface area contributed by atoms with Crippen molar-refractivity contribution < 1.29 is 18.3 Å². The fourth-order valence-electron chi connectivity index (χ4n) is 3.27. The van der Waals surface area contributed by atoms with Gasteiger partial charge < -0.3 is 10.1 Å². The van der Waals surface area contributed by atoms with Gasteiger partial charge in [0.2, 0.25) is 5.91 Å². The molecule has 1 amide bonds. The molecule has 0 saturated heterocycles. The minimum absolute atomic E-state index is 0.0641. The van der Waals surface area contributed by atoms with Crippen LogP contribution in [0.1, 0.15) is 5.56 Å². The molecule has 0 bridgehead atoms. The molecule has 1 heterocycles. The van der Waals surface area contributed by atoms with E-state index in [2.05, 4.69) is 31.4 Å². The molecule has 4 rings (SSSR count). The van der Waals surface area contributed by atoms with Crippen LogP contribution in [0.3, 0.4) is 0 Å². The van der Waals surface area contributed by atoms with Gasteiger partial charge in [-0.2, -0.15) is 0 Å². The van der Waals surface area contributed by atoms with Gasteiger partial charge in [0.25, 0.3) is 0 Å². The van der Waals surface area contributed by atoms with Crippen LogP contribution in [0.4, 0.5) is 14.5 Å². The highest BCUT2D eigenvalue weighted by Gasteiger charge is 2.19. The number of carbonyl (C=O) groups is 1. The molecule has 174 valence electrons. The van der Waals surface area contributed by atoms with E-state index in [1.54, 1.807) is 7.11 Å². The van der Waals surface area contributed by atoms with Gasteiger partial charge >= 0.3 is 0 Å². The van der Waals surface area contributed by atoms with E-state index in [-0.39, 0.29) is 15.9 Å². The molecule has 0 spiro atoms. The molecule has 0 saturated carbocycles. The van der Waals surface area contributed by atoms with E-state index in [4.69, 9.17) is 4.74 Å². The number of carbonyl (C=O) groups excluding carboxylic acids is 1. The lowest BCUT2D eigenvalue weighted by Crippen LogP contribution is -2.16. The van der Waals surface area contributed by atoms with Crippen molar-refractivity contribution in [2.24, 2.45) is 0 Å². The minimum atomic E-state index is -0.867. The lowest BCUT2D eigenvalue weighted by Gasteiger charge is -2.12. The molecule has 0 aliphatic carbocycles. The van der Waals surface area contributed by atoms with Gasteiger partial charge in [-0.1, -0.05) is 35.5 Å². The Morgan fingerprint density at radius 3 is 2.56 bits per heavy atom. The highest BCUT2D eigenvalue weighted by molar-refractivity contribution is 9.10. The van der Waals surface area contributed by atoms with Gasteiger partial charge in [-0.15, -0.1) is 10.2 Å². The Balaban J connectivity index is 1.62. The number of benzene rings is 3. The molecule has 0 aliphatic rings. The minimum Gasteiger partial charge on any atom is -0.497 e. The number of methoxy groups -OCH3 is 1. The molecule has 1 aromatic heterocycles. The molecule has 0 unspecified atom stereocenters. The number of halogens is 3. The number of hydrogen-bond donors (Lipinski definition) is 1. The third-order valence-electron chi connectivity index (χ3n) is 4.84. The maximum Gasteiger partial charge on any atom is 0.234 e. The molecule has 4 aromatic rings. The first kappa shape index (κ1) is 23.9. The van der Waals surface area contributed by atoms with Crippen LogP contribution >= 0.6 is 27.7 Å². The summed E-state index contributed by atoms with van der Waals surface area (Å²) in [5, 5.41) is 11.6. The van der Waals surface area contributed by atoms with Crippen molar-refractivity contribution in [3.63, 3.8) is 0 Å². The van der Waals surface area contributed by atoms with Gasteiger partial charge in [-0.05, 0) is 59.3 Å². The highest BCUT2D eigenvalue weighted by atomic mass is 79.9. The number of nitrogens with zero attached hydrogens (tertiary/aromatic N) is 3. The Kier molecular flexibility index (Phi) is 7.28. The molecule has 6 nitrogen and oxygen atoms in total. The number of hydrogen-bond acceptors (Lipinski definition) is 5. The van der Waals surface area contributed by atoms with Crippen molar-refractivity contribution in [2.45, 2.75) is 12.1 Å². The van der Waals surface area contributed by atoms with Crippen molar-refractivity contribution in [3.8, 4) is 22.8 Å². The number of rotatable bonds is 7. The number of amides is 1. The Morgan fingerprint density at radius 1 is 1.12 bits per heavy atom. The number of ether oxygens (including phenoxy) is 1. The van der Waals surface area contributed by atoms with Gasteiger partial charge in [0.1, 0.15) is 11.6 Å². The third kappa shape index (κ3) is 5.28. The van der Waals surface area contributed by atoms with E-state index >= 15 is 0 Å². The lowest BCUT2D eigenvalue weighted by molar-refractivity contribution is -0.113. The van der Waals surface area contributed by atoms with Crippen molar-refractivity contribution in [2.75, 3.05) is 18.2 Å². The van der Waals surface area contributed by atoms with Crippen molar-refractivity contribution in [3.05, 3.63) is 82.3 Å². The highest BCUT2D eigenvalue weighted by Crippen LogP contribution is 2.30. The molecular weight excluding hydrogens is 526 g/mol. The molecule has 0 atom stereocenters. The first-order chi connectivity index (χ1) is 16.4. The Labute approximate surface area is 207 Å². The maximum absolute atomic E-state index is 14.1. The quantitative estimate of drug-likeness (QED) is 0.288. The third-order valence-corrected chi connectivity index (χ3v) is 6.40. The van der Waals surface area contributed by atoms with Crippen LogP contribution in [-0.4, -0.2) is 33.5 Å². The molecule has 3 aromatic carbocycles. The van der Waals surface area contributed by atoms with Gasteiger partial charge in [0, 0.05) is 21.8 Å². The maximum atomic E-state index is 14.1. The zero-order valence-electron chi connectivity index (χ0n) is 18.2. The van der Waals surface area contributed by atoms with Crippen LogP contribution in [0.5, 0.6) is 5.75 Å². The number of anilines is 1. The number of aromatic nitrogens is 3. The van der Waals surface area contributed by atoms with Gasteiger partial charge in [-0.3, -0.25) is 9.36 Å². The topological polar surface area (TPSA) is 69.0 Å². The monoisotopic (exact) mass is 544 g/mol. The summed E-state index contributed by atoms with van der Waals surface area (Å²) in [5.41, 5.74) is 2.61. The lowest BCUT2D eigenvalue weighted by atomic mass is 10.1. The van der Waals surface area contributed by atoms with E-state index in [1.165, 1.54) is 0 Å². The average molecular weight is 545 g/mol. The van der Waals surface area contributed by atoms with Crippen LogP contribution in [0.15, 0.2) is 70.3 Å². The van der Waals surface area contributed by atoms with Gasteiger partial charge in [-0.25, -0.2) is 8.78 Å². The molecular formula is C24H19BrF2N4O2S. The summed E-state index contributed by atoms with van der Waals surface area (Å²) in [6, 6.07) is 17.1. The summed E-state index contributed by atoms with van der Waals surface area (Å²) in [4.78, 5) is 12.5. The fourth-order valence-corrected chi connectivity index (χ4v) is 4.52. The summed E-state index contributed by atoms with van der Waals surface area (Å²) in [7, 11) is 1.59. The van der Waals surface area contributed by atoms with Crippen molar-refractivity contribution in [1.29, 1.82) is 0 Å². The van der Waals surface area contributed by atoms with Gasteiger partial charge in [0.15, 0.2) is 16.8 Å². The Hall–Kier alpha value is -3.24. The molecule has 1 N–H and O–H groups in total. The standard InChI is InChI=1S/C24H19BrF2N4O2S/c1-14-4-3-5-15(10-14)23-29-30-24(31(23)17-6-8-18(33-2)9-7-17)34-13-21(32)28-22-19(25)11-16(26)12-20(22)27/h3-12H,13H2,1-2H3,(H,28,32). The smallest absolute Gasteiger partial charge is 0.234 e. The molecule has 0 aliphatic heterocycles. The Morgan fingerprint density at radius 2 is 1.88 bits per heavy atom. The Bertz CT molecular complexity index is 1320. The van der Waals surface area contributed by atoms with Crippen LogP contribution < -0.4 is 10.1 Å². The first-order valence-electron chi connectivity index (χ1n) is 10.1. The fraction of sp³-hybridized carbons (Fsp3) is 0.125. The predicted octanol–water partition coefficient (Wildman–Crippen LogP) is 6.02. The van der Waals surface area contributed by atoms with Crippen LogP contribution in [0.2, 0.25) is 0 Å². The average Bonchev–Trinajstić information content (AvgIpc) is 3.24. The molecule has 10 heteroatoms. The largest absolute Gasteiger partial charge is 0.497 e. The van der Waals surface area contributed by atoms with E-state index in [0.717, 1.165) is 34.6 Å². The first-order valence-corrected chi connectivity index (χ1v) is 11.9. The summed E-state index contributed by atoms with van der Waals surface area (Å²) < 4.78 is 34.6. The van der Waals surface area contributed by atoms with Crippen molar-refractivity contribution in [1.82, 2.24) is 14.8 Å². The van der Waals surface area contributed by atoms with E-state index in [9.17, 15) is 13.6 Å². The molecule has 0 fully saturated rings. The number of nitrogens with one attached hydrogen (secondary N) is 1. The number of aryl methyl sites for hydroxylation is 1. The second-order valence-corrected chi connectivity index (χ2v) is 9.09. The van der Waals surface area contributed by atoms with Crippen LogP contribution in [-0.2, 0) is 4.79 Å². The summed E-state index contributed by atoms with van der Waals surface area (Å²) >= 11 is 4.22. The molecule has 34 heavy (non-hydrogen) atoms. The summed E-state index contributed by atoms with van der Waals surface area (Å²) in [5.74, 6) is -0.830. The summed E-state index contributed by atoms with van der Waals surface area (Å²) in [6.07, 6.45) is 0. The summed E-state index contributed by atoms with van der Waals surface area (Å²) in [6.45, 7) is 1.99. The zero-order valence-corrected chi connectivity index (χ0v) is 20.6. The number of thioether (sulfide) groups is 1. The van der Waals surface area contributed by atoms with E-state index < -0.39 is 17.5 Å². The van der Waals surface area contributed by atoms with Crippen molar-refractivity contribution >= 4 is 39.3 Å². The second kappa shape index (κ2) is 10.4. The molecule has 0 radical (unpaired) electrons. The SMILES string of the molecule is COc1ccc(-n2c(SCC(=O)Nc3c(F)cc(F)cc3Br)nnc2-c2cccc(C)c2)cc1. The van der Waals surface area contributed by atoms with E-state index in [1.807, 2.05) is 60.0 Å².